The lowest BCUT2D eigenvalue weighted by molar-refractivity contribution is -0.385. The number of anilines is 1. The van der Waals surface area contributed by atoms with E-state index in [1.807, 2.05) is 13.8 Å². The van der Waals surface area contributed by atoms with Gasteiger partial charge < -0.3 is 14.8 Å². The molecule has 1 atom stereocenters. The fourth-order valence-corrected chi connectivity index (χ4v) is 2.40. The molecule has 10 heteroatoms. The van der Waals surface area contributed by atoms with Crippen molar-refractivity contribution in [2.75, 3.05) is 11.9 Å². The average molecular weight is 390 g/mol. The van der Waals surface area contributed by atoms with Crippen molar-refractivity contribution in [3.63, 3.8) is 0 Å². The average Bonchev–Trinajstić information content (AvgIpc) is 3.10. The van der Waals surface area contributed by atoms with E-state index < -0.39 is 22.9 Å². The number of nitrogens with one attached hydrogen (secondary N) is 1. The van der Waals surface area contributed by atoms with E-state index in [9.17, 15) is 19.7 Å². The van der Waals surface area contributed by atoms with Crippen LogP contribution in [0.3, 0.4) is 0 Å². The molecule has 2 aromatic rings. The van der Waals surface area contributed by atoms with Crippen LogP contribution >= 0.6 is 0 Å². The fraction of sp³-hybridized carbons (Fsp3) is 0.389. The smallest absolute Gasteiger partial charge is 0.339 e. The van der Waals surface area contributed by atoms with E-state index in [0.717, 1.165) is 6.07 Å². The molecule has 0 spiro atoms. The van der Waals surface area contributed by atoms with Crippen LogP contribution in [-0.2, 0) is 9.53 Å². The van der Waals surface area contributed by atoms with Gasteiger partial charge in [-0.25, -0.2) is 9.48 Å². The van der Waals surface area contributed by atoms with Crippen molar-refractivity contribution < 1.29 is 24.0 Å². The van der Waals surface area contributed by atoms with Crippen LogP contribution in [0.1, 0.15) is 44.1 Å². The normalized spacial score (nSPS) is 11.8. The van der Waals surface area contributed by atoms with Gasteiger partial charge >= 0.3 is 11.7 Å². The van der Waals surface area contributed by atoms with E-state index in [4.69, 9.17) is 9.47 Å². The number of aromatic nitrogens is 2. The van der Waals surface area contributed by atoms with Crippen molar-refractivity contribution in [3.8, 4) is 5.75 Å². The molecule has 1 amide bonds. The number of hydrogen-bond donors (Lipinski definition) is 1. The third-order valence-electron chi connectivity index (χ3n) is 3.75. The molecule has 28 heavy (non-hydrogen) atoms. The Labute approximate surface area is 161 Å². The van der Waals surface area contributed by atoms with Gasteiger partial charge in [-0.3, -0.25) is 14.9 Å². The second-order valence-corrected chi connectivity index (χ2v) is 6.16. The number of carbonyl (C=O) groups excluding carboxylic acids is 2. The van der Waals surface area contributed by atoms with E-state index in [2.05, 4.69) is 10.4 Å². The highest BCUT2D eigenvalue weighted by atomic mass is 16.6. The number of hydrogen-bond acceptors (Lipinski definition) is 7. The summed E-state index contributed by atoms with van der Waals surface area (Å²) in [6.07, 6.45) is 0.430. The minimum atomic E-state index is -1.12. The van der Waals surface area contributed by atoms with Gasteiger partial charge in [0.2, 0.25) is 0 Å². The molecular formula is C18H22N4O6. The van der Waals surface area contributed by atoms with Crippen molar-refractivity contribution >= 4 is 23.4 Å². The molecule has 1 aromatic heterocycles. The summed E-state index contributed by atoms with van der Waals surface area (Å²) in [5.74, 6) is -0.876. The van der Waals surface area contributed by atoms with Gasteiger partial charge in [0.15, 0.2) is 11.9 Å². The molecule has 0 unspecified atom stereocenters. The Hall–Kier alpha value is -3.43. The highest BCUT2D eigenvalue weighted by Gasteiger charge is 2.23. The molecule has 2 rings (SSSR count). The second kappa shape index (κ2) is 8.98. The first kappa shape index (κ1) is 20.9. The van der Waals surface area contributed by atoms with Crippen molar-refractivity contribution in [1.29, 1.82) is 0 Å². The predicted molar refractivity (Wildman–Crippen MR) is 100 cm³/mol. The first-order chi connectivity index (χ1) is 13.2. The summed E-state index contributed by atoms with van der Waals surface area (Å²) in [6.45, 7) is 7.16. The zero-order chi connectivity index (χ0) is 20.8. The molecule has 1 N–H and O–H groups in total. The summed E-state index contributed by atoms with van der Waals surface area (Å²) in [6, 6.07) is 5.39. The van der Waals surface area contributed by atoms with E-state index in [0.29, 0.717) is 5.82 Å². The van der Waals surface area contributed by atoms with E-state index in [-0.39, 0.29) is 29.6 Å². The lowest BCUT2D eigenvalue weighted by Gasteiger charge is -2.16. The number of carbonyl (C=O) groups is 2. The van der Waals surface area contributed by atoms with Crippen LogP contribution in [0.25, 0.3) is 0 Å². The summed E-state index contributed by atoms with van der Waals surface area (Å²) in [4.78, 5) is 35.1. The first-order valence-corrected chi connectivity index (χ1v) is 8.71. The minimum absolute atomic E-state index is 0.0348. The van der Waals surface area contributed by atoms with Gasteiger partial charge in [-0.05, 0) is 39.8 Å². The largest absolute Gasteiger partial charge is 0.487 e. The molecule has 0 saturated heterocycles. The SMILES string of the molecule is CCOc1ccc(C(=O)O[C@@H](C)C(=O)Nc2ccnn2C(C)C)cc1[N+](=O)[O-]. The molecule has 0 fully saturated rings. The molecule has 1 aromatic carbocycles. The molecule has 150 valence electrons. The van der Waals surface area contributed by atoms with Crippen LogP contribution in [0.2, 0.25) is 0 Å². The highest BCUT2D eigenvalue weighted by Crippen LogP contribution is 2.28. The predicted octanol–water partition coefficient (Wildman–Crippen LogP) is 2.95. The number of esters is 1. The molecular weight excluding hydrogens is 368 g/mol. The summed E-state index contributed by atoms with van der Waals surface area (Å²) in [5, 5.41) is 17.9. The maximum atomic E-state index is 12.3. The maximum Gasteiger partial charge on any atom is 0.339 e. The summed E-state index contributed by atoms with van der Waals surface area (Å²) in [5.41, 5.74) is -0.406. The van der Waals surface area contributed by atoms with Crippen molar-refractivity contribution in [3.05, 3.63) is 46.1 Å². The first-order valence-electron chi connectivity index (χ1n) is 8.71. The van der Waals surface area contributed by atoms with Gasteiger partial charge in [-0.2, -0.15) is 5.10 Å². The Morgan fingerprint density at radius 1 is 1.29 bits per heavy atom. The third-order valence-corrected chi connectivity index (χ3v) is 3.75. The van der Waals surface area contributed by atoms with Gasteiger partial charge in [0.25, 0.3) is 5.91 Å². The highest BCUT2D eigenvalue weighted by molar-refractivity contribution is 5.97. The maximum absolute atomic E-state index is 12.3. The van der Waals surface area contributed by atoms with E-state index in [1.54, 1.807) is 23.9 Å². The number of rotatable bonds is 8. The number of nitro groups is 1. The molecule has 0 aliphatic carbocycles. The second-order valence-electron chi connectivity index (χ2n) is 6.16. The van der Waals surface area contributed by atoms with Crippen LogP contribution in [0.5, 0.6) is 5.75 Å². The van der Waals surface area contributed by atoms with Gasteiger partial charge in [-0.1, -0.05) is 0 Å². The third kappa shape index (κ3) is 4.84. The van der Waals surface area contributed by atoms with Crippen molar-refractivity contribution in [1.82, 2.24) is 9.78 Å². The summed E-state index contributed by atoms with van der Waals surface area (Å²) >= 11 is 0. The zero-order valence-electron chi connectivity index (χ0n) is 16.0. The summed E-state index contributed by atoms with van der Waals surface area (Å²) < 4.78 is 11.9. The number of ether oxygens (including phenoxy) is 2. The lowest BCUT2D eigenvalue weighted by atomic mass is 10.2. The molecule has 0 saturated carbocycles. The number of nitro benzene ring substituents is 1. The molecule has 0 aliphatic rings. The topological polar surface area (TPSA) is 126 Å². The molecule has 1 heterocycles. The quantitative estimate of drug-likeness (QED) is 0.417. The monoisotopic (exact) mass is 390 g/mol. The van der Waals surface area contributed by atoms with Gasteiger partial charge in [0.1, 0.15) is 5.82 Å². The number of amides is 1. The van der Waals surface area contributed by atoms with Crippen LogP contribution < -0.4 is 10.1 Å². The van der Waals surface area contributed by atoms with Crippen molar-refractivity contribution in [2.45, 2.75) is 39.8 Å². The Morgan fingerprint density at radius 3 is 2.61 bits per heavy atom. The van der Waals surface area contributed by atoms with Crippen LogP contribution in [-0.4, -0.2) is 39.3 Å². The van der Waals surface area contributed by atoms with Gasteiger partial charge in [-0.15, -0.1) is 0 Å². The minimum Gasteiger partial charge on any atom is -0.487 e. The Morgan fingerprint density at radius 2 is 2.00 bits per heavy atom. The van der Waals surface area contributed by atoms with Crippen LogP contribution in [0.15, 0.2) is 30.5 Å². The van der Waals surface area contributed by atoms with Gasteiger partial charge in [0, 0.05) is 18.2 Å². The Bertz CT molecular complexity index is 877. The van der Waals surface area contributed by atoms with Gasteiger partial charge in [0.05, 0.1) is 23.3 Å². The molecule has 0 radical (unpaired) electrons. The van der Waals surface area contributed by atoms with Crippen LogP contribution in [0.4, 0.5) is 11.5 Å². The fourth-order valence-electron chi connectivity index (χ4n) is 2.40. The van der Waals surface area contributed by atoms with Crippen LogP contribution in [0, 0.1) is 10.1 Å². The Balaban J connectivity index is 2.09. The molecule has 0 aliphatic heterocycles. The van der Waals surface area contributed by atoms with E-state index >= 15 is 0 Å². The lowest BCUT2D eigenvalue weighted by Crippen LogP contribution is -2.31. The summed E-state index contributed by atoms with van der Waals surface area (Å²) in [7, 11) is 0. The Kier molecular flexibility index (Phi) is 6.69. The molecule has 10 nitrogen and oxygen atoms in total. The number of nitrogens with zero attached hydrogens (tertiary/aromatic N) is 3. The van der Waals surface area contributed by atoms with Crippen molar-refractivity contribution in [2.24, 2.45) is 0 Å². The standard InChI is InChI=1S/C18H22N4O6/c1-5-27-15-7-6-13(10-14(15)22(25)26)18(24)28-12(4)17(23)20-16-8-9-19-21(16)11(2)3/h6-12H,5H2,1-4H3,(H,20,23)/t12-/m0/s1. The number of benzene rings is 1. The molecule has 0 bridgehead atoms. The van der Waals surface area contributed by atoms with E-state index in [1.165, 1.54) is 19.1 Å². The zero-order valence-corrected chi connectivity index (χ0v) is 16.0.